The Balaban J connectivity index is 1.66. The van der Waals surface area contributed by atoms with Crippen molar-refractivity contribution >= 4 is 17.7 Å². The van der Waals surface area contributed by atoms with Crippen LogP contribution in [0, 0.1) is 6.92 Å². The first-order valence-electron chi connectivity index (χ1n) is 8.20. The number of nitrogens with one attached hydrogen (secondary N) is 2. The normalized spacial score (nSPS) is 13.7. The monoisotopic (exact) mass is 342 g/mol. The van der Waals surface area contributed by atoms with Gasteiger partial charge in [0.2, 0.25) is 0 Å². The first-order valence-corrected chi connectivity index (χ1v) is 8.20. The number of urea groups is 2. The number of hydrogen-bond acceptors (Lipinski definition) is 3. The Morgan fingerprint density at radius 3 is 2.80 bits per heavy atom. The number of para-hydroxylation sites is 1. The molecule has 1 saturated heterocycles. The van der Waals surface area contributed by atoms with Gasteiger partial charge in [-0.15, -0.1) is 0 Å². The topological polar surface area (TPSA) is 77.8 Å². The molecule has 3 rings (SSSR count). The van der Waals surface area contributed by atoms with E-state index in [0.29, 0.717) is 31.9 Å². The van der Waals surface area contributed by atoms with Gasteiger partial charge < -0.3 is 24.9 Å². The van der Waals surface area contributed by atoms with Gasteiger partial charge in [-0.3, -0.25) is 0 Å². The second-order valence-corrected chi connectivity index (χ2v) is 6.10. The molecule has 0 aliphatic carbocycles. The predicted molar refractivity (Wildman–Crippen MR) is 94.2 cm³/mol. The Bertz CT molecular complexity index is 771. The van der Waals surface area contributed by atoms with Gasteiger partial charge in [0, 0.05) is 37.9 Å². The predicted octanol–water partition coefficient (Wildman–Crippen LogP) is 2.78. The summed E-state index contributed by atoms with van der Waals surface area (Å²) in [5, 5.41) is 5.71. The summed E-state index contributed by atoms with van der Waals surface area (Å²) in [4.78, 5) is 27.6. The first kappa shape index (κ1) is 16.9. The quantitative estimate of drug-likeness (QED) is 0.877. The van der Waals surface area contributed by atoms with Crippen LogP contribution >= 0.6 is 0 Å². The molecule has 2 N–H and O–H groups in total. The zero-order valence-electron chi connectivity index (χ0n) is 14.4. The molecule has 0 radical (unpaired) electrons. The molecule has 2 aromatic rings. The smallest absolute Gasteiger partial charge is 0.321 e. The molecule has 132 valence electrons. The minimum atomic E-state index is -0.209. The maximum absolute atomic E-state index is 12.5. The van der Waals surface area contributed by atoms with E-state index in [1.54, 1.807) is 23.1 Å². The maximum atomic E-state index is 12.5. The van der Waals surface area contributed by atoms with Crippen molar-refractivity contribution in [2.75, 3.05) is 25.5 Å². The molecule has 7 heteroatoms. The van der Waals surface area contributed by atoms with Crippen LogP contribution in [0.25, 0.3) is 0 Å². The van der Waals surface area contributed by atoms with Crippen LogP contribution in [0.15, 0.2) is 41.0 Å². The number of hydrogen-bond donors (Lipinski definition) is 2. The molecule has 1 aliphatic rings. The highest BCUT2D eigenvalue weighted by Crippen LogP contribution is 2.19. The summed E-state index contributed by atoms with van der Waals surface area (Å²) >= 11 is 0. The van der Waals surface area contributed by atoms with Crippen LogP contribution in [0.2, 0.25) is 0 Å². The van der Waals surface area contributed by atoms with Gasteiger partial charge in [-0.2, -0.15) is 0 Å². The van der Waals surface area contributed by atoms with Crippen molar-refractivity contribution in [1.29, 1.82) is 0 Å². The molecule has 1 fully saturated rings. The van der Waals surface area contributed by atoms with Gasteiger partial charge in [0.25, 0.3) is 0 Å². The molecule has 0 saturated carbocycles. The number of anilines is 1. The lowest BCUT2D eigenvalue weighted by atomic mass is 10.1. The minimum Gasteiger partial charge on any atom is -0.469 e. The van der Waals surface area contributed by atoms with Crippen molar-refractivity contribution in [3.63, 3.8) is 0 Å². The second-order valence-electron chi connectivity index (χ2n) is 6.10. The third-order valence-corrected chi connectivity index (χ3v) is 4.29. The molecular weight excluding hydrogens is 320 g/mol. The summed E-state index contributed by atoms with van der Waals surface area (Å²) in [6.45, 7) is 4.12. The second kappa shape index (κ2) is 7.29. The van der Waals surface area contributed by atoms with Crippen LogP contribution in [-0.4, -0.2) is 42.0 Å². The summed E-state index contributed by atoms with van der Waals surface area (Å²) in [5.74, 6) is 0.806. The van der Waals surface area contributed by atoms with Gasteiger partial charge in [-0.25, -0.2) is 9.59 Å². The van der Waals surface area contributed by atoms with Crippen molar-refractivity contribution in [1.82, 2.24) is 15.1 Å². The van der Waals surface area contributed by atoms with Gasteiger partial charge in [-0.05, 0) is 24.6 Å². The number of aryl methyl sites for hydroxylation is 1. The van der Waals surface area contributed by atoms with Gasteiger partial charge >= 0.3 is 12.1 Å². The fourth-order valence-electron chi connectivity index (χ4n) is 2.76. The fourth-order valence-corrected chi connectivity index (χ4v) is 2.76. The molecule has 1 aliphatic heterocycles. The molecule has 0 spiro atoms. The molecule has 7 nitrogen and oxygen atoms in total. The lowest BCUT2D eigenvalue weighted by Gasteiger charge is -2.21. The maximum Gasteiger partial charge on any atom is 0.321 e. The van der Waals surface area contributed by atoms with Crippen LogP contribution in [0.5, 0.6) is 0 Å². The third kappa shape index (κ3) is 3.93. The van der Waals surface area contributed by atoms with E-state index in [1.165, 1.54) is 0 Å². The van der Waals surface area contributed by atoms with Crippen molar-refractivity contribution in [2.24, 2.45) is 0 Å². The van der Waals surface area contributed by atoms with E-state index in [0.717, 1.165) is 16.9 Å². The van der Waals surface area contributed by atoms with E-state index in [4.69, 9.17) is 4.42 Å². The SMILES string of the molecule is Cc1occc1CN(C)C(=O)Nc1ccccc1CN1CCNC1=O. The highest BCUT2D eigenvalue weighted by molar-refractivity contribution is 5.90. The summed E-state index contributed by atoms with van der Waals surface area (Å²) in [7, 11) is 1.73. The van der Waals surface area contributed by atoms with Gasteiger partial charge in [0.1, 0.15) is 5.76 Å². The van der Waals surface area contributed by atoms with Crippen LogP contribution in [-0.2, 0) is 13.1 Å². The molecule has 0 atom stereocenters. The van der Waals surface area contributed by atoms with E-state index >= 15 is 0 Å². The Labute approximate surface area is 146 Å². The number of furan rings is 1. The largest absolute Gasteiger partial charge is 0.469 e. The van der Waals surface area contributed by atoms with Gasteiger partial charge in [0.15, 0.2) is 0 Å². The van der Waals surface area contributed by atoms with Gasteiger partial charge in [0.05, 0.1) is 12.8 Å². The molecule has 1 aromatic carbocycles. The van der Waals surface area contributed by atoms with Crippen molar-refractivity contribution in [3.8, 4) is 0 Å². The van der Waals surface area contributed by atoms with Crippen LogP contribution in [0.1, 0.15) is 16.9 Å². The zero-order valence-corrected chi connectivity index (χ0v) is 14.4. The van der Waals surface area contributed by atoms with E-state index in [9.17, 15) is 9.59 Å². The number of amides is 4. The molecule has 1 aromatic heterocycles. The zero-order chi connectivity index (χ0) is 17.8. The van der Waals surface area contributed by atoms with Crippen LogP contribution < -0.4 is 10.6 Å². The number of carbonyl (C=O) groups excluding carboxylic acids is 2. The summed E-state index contributed by atoms with van der Waals surface area (Å²) in [6.07, 6.45) is 1.62. The van der Waals surface area contributed by atoms with Crippen LogP contribution in [0.4, 0.5) is 15.3 Å². The lowest BCUT2D eigenvalue weighted by Crippen LogP contribution is -2.32. The fraction of sp³-hybridized carbons (Fsp3) is 0.333. The molecule has 0 bridgehead atoms. The number of benzene rings is 1. The standard InChI is InChI=1S/C18H22N4O3/c1-13-14(7-10-25-13)11-21(2)18(24)20-16-6-4-3-5-15(16)12-22-9-8-19-17(22)23/h3-7,10H,8-9,11-12H2,1-2H3,(H,19,23)(H,20,24). The van der Waals surface area contributed by atoms with Crippen molar-refractivity contribution in [2.45, 2.75) is 20.0 Å². The molecule has 2 heterocycles. The minimum absolute atomic E-state index is 0.0753. The number of carbonyl (C=O) groups is 2. The number of rotatable bonds is 5. The highest BCUT2D eigenvalue weighted by Gasteiger charge is 2.21. The average molecular weight is 342 g/mol. The van der Waals surface area contributed by atoms with Crippen molar-refractivity contribution < 1.29 is 14.0 Å². The van der Waals surface area contributed by atoms with E-state index in [2.05, 4.69) is 10.6 Å². The summed E-state index contributed by atoms with van der Waals surface area (Å²) in [6, 6.07) is 9.10. The average Bonchev–Trinajstić information content (AvgIpc) is 3.18. The van der Waals surface area contributed by atoms with Crippen LogP contribution in [0.3, 0.4) is 0 Å². The molecular formula is C18H22N4O3. The Morgan fingerprint density at radius 2 is 2.12 bits per heavy atom. The lowest BCUT2D eigenvalue weighted by molar-refractivity contribution is 0.215. The molecule has 0 unspecified atom stereocenters. The number of nitrogens with zero attached hydrogens (tertiary/aromatic N) is 2. The summed E-state index contributed by atoms with van der Waals surface area (Å²) < 4.78 is 5.27. The van der Waals surface area contributed by atoms with Gasteiger partial charge in [-0.1, -0.05) is 18.2 Å². The molecule has 4 amide bonds. The Hall–Kier alpha value is -2.96. The highest BCUT2D eigenvalue weighted by atomic mass is 16.3. The molecule has 25 heavy (non-hydrogen) atoms. The third-order valence-electron chi connectivity index (χ3n) is 4.29. The van der Waals surface area contributed by atoms with E-state index < -0.39 is 0 Å². The Kier molecular flexibility index (Phi) is 4.92. The van der Waals surface area contributed by atoms with E-state index in [1.807, 2.05) is 37.3 Å². The first-order chi connectivity index (χ1) is 12.0. The Morgan fingerprint density at radius 1 is 1.32 bits per heavy atom. The van der Waals surface area contributed by atoms with E-state index in [-0.39, 0.29) is 12.1 Å². The summed E-state index contributed by atoms with van der Waals surface area (Å²) in [5.41, 5.74) is 2.59. The van der Waals surface area contributed by atoms with Crippen molar-refractivity contribution in [3.05, 3.63) is 53.5 Å².